The van der Waals surface area contributed by atoms with Crippen molar-refractivity contribution in [1.82, 2.24) is 15.3 Å². The highest BCUT2D eigenvalue weighted by molar-refractivity contribution is 7.99. The molecule has 0 saturated carbocycles. The number of thiophene rings is 2. The SMILES string of the molecule is Cc1ccc(C(NC(=O)CSc2nc(N)c3c(C)c(C)sc3n2)c2cccs2)cc1. The van der Waals surface area contributed by atoms with Gasteiger partial charge in [0.1, 0.15) is 10.6 Å². The highest BCUT2D eigenvalue weighted by Gasteiger charge is 2.19. The normalized spacial score (nSPS) is 12.2. The Bertz CT molecular complexity index is 1180. The van der Waals surface area contributed by atoms with Crippen LogP contribution in [0.25, 0.3) is 10.2 Å². The van der Waals surface area contributed by atoms with Gasteiger partial charge in [0.15, 0.2) is 5.16 Å². The number of nitrogens with one attached hydrogen (secondary N) is 1. The maximum absolute atomic E-state index is 12.8. The molecule has 1 aromatic carbocycles. The van der Waals surface area contributed by atoms with E-state index in [1.165, 1.54) is 22.2 Å². The van der Waals surface area contributed by atoms with E-state index in [1.54, 1.807) is 22.7 Å². The van der Waals surface area contributed by atoms with Crippen LogP contribution in [-0.2, 0) is 4.79 Å². The minimum absolute atomic E-state index is 0.0696. The molecule has 154 valence electrons. The Morgan fingerprint density at radius 2 is 1.93 bits per heavy atom. The maximum atomic E-state index is 12.8. The van der Waals surface area contributed by atoms with Gasteiger partial charge in [0.25, 0.3) is 0 Å². The fourth-order valence-corrected chi connectivity index (χ4v) is 5.75. The molecular formula is C22H22N4OS3. The molecule has 8 heteroatoms. The van der Waals surface area contributed by atoms with E-state index < -0.39 is 0 Å². The van der Waals surface area contributed by atoms with Crippen LogP contribution < -0.4 is 11.1 Å². The van der Waals surface area contributed by atoms with Gasteiger partial charge in [0.2, 0.25) is 5.91 Å². The monoisotopic (exact) mass is 454 g/mol. The molecule has 0 aliphatic rings. The first kappa shape index (κ1) is 20.8. The van der Waals surface area contributed by atoms with Crippen molar-refractivity contribution in [3.8, 4) is 0 Å². The van der Waals surface area contributed by atoms with E-state index in [0.717, 1.165) is 26.2 Å². The van der Waals surface area contributed by atoms with E-state index in [0.29, 0.717) is 11.0 Å². The van der Waals surface area contributed by atoms with Crippen molar-refractivity contribution in [2.75, 3.05) is 11.5 Å². The van der Waals surface area contributed by atoms with Crippen LogP contribution in [-0.4, -0.2) is 21.6 Å². The lowest BCUT2D eigenvalue weighted by Crippen LogP contribution is -2.30. The summed E-state index contributed by atoms with van der Waals surface area (Å²) in [7, 11) is 0. The third kappa shape index (κ3) is 4.35. The summed E-state index contributed by atoms with van der Waals surface area (Å²) in [6, 6.07) is 12.1. The maximum Gasteiger partial charge on any atom is 0.231 e. The van der Waals surface area contributed by atoms with Crippen molar-refractivity contribution in [2.45, 2.75) is 32.0 Å². The molecule has 30 heavy (non-hydrogen) atoms. The van der Waals surface area contributed by atoms with Gasteiger partial charge in [-0.1, -0.05) is 47.7 Å². The van der Waals surface area contributed by atoms with Crippen LogP contribution in [0, 0.1) is 20.8 Å². The fraction of sp³-hybridized carbons (Fsp3) is 0.227. The number of carbonyl (C=O) groups is 1. The van der Waals surface area contributed by atoms with Crippen molar-refractivity contribution >= 4 is 56.4 Å². The van der Waals surface area contributed by atoms with Gasteiger partial charge in [-0.3, -0.25) is 4.79 Å². The molecule has 5 nitrogen and oxygen atoms in total. The van der Waals surface area contributed by atoms with Crippen LogP contribution in [0.4, 0.5) is 5.82 Å². The lowest BCUT2D eigenvalue weighted by atomic mass is 10.0. The van der Waals surface area contributed by atoms with Crippen LogP contribution in [0.2, 0.25) is 0 Å². The number of rotatable bonds is 6. The number of fused-ring (bicyclic) bond motifs is 1. The van der Waals surface area contributed by atoms with Gasteiger partial charge in [0.05, 0.1) is 17.2 Å². The molecule has 0 aliphatic heterocycles. The highest BCUT2D eigenvalue weighted by atomic mass is 32.2. The average Bonchev–Trinajstić information content (AvgIpc) is 3.34. The Hall–Kier alpha value is -2.42. The number of nitrogens with two attached hydrogens (primary N) is 1. The minimum Gasteiger partial charge on any atom is -0.383 e. The third-order valence-corrected chi connectivity index (χ3v) is 7.80. The first-order chi connectivity index (χ1) is 14.4. The average molecular weight is 455 g/mol. The molecule has 3 aromatic heterocycles. The molecule has 0 radical (unpaired) electrons. The summed E-state index contributed by atoms with van der Waals surface area (Å²) in [6.07, 6.45) is 0. The van der Waals surface area contributed by atoms with Gasteiger partial charge < -0.3 is 11.1 Å². The van der Waals surface area contributed by atoms with Crippen molar-refractivity contribution < 1.29 is 4.79 Å². The number of aryl methyl sites for hydroxylation is 3. The molecule has 1 unspecified atom stereocenters. The number of aromatic nitrogens is 2. The molecule has 3 N–H and O–H groups in total. The fourth-order valence-electron chi connectivity index (χ4n) is 3.19. The standard InChI is InChI=1S/C22H22N4OS3/c1-12-6-8-15(9-7-12)19(16-5-4-10-28-16)24-17(27)11-29-22-25-20(23)18-13(2)14(3)30-21(18)26-22/h4-10,19H,11H2,1-3H3,(H,24,27)(H2,23,25,26). The summed E-state index contributed by atoms with van der Waals surface area (Å²) in [4.78, 5) is 24.9. The Kier molecular flexibility index (Phi) is 6.08. The zero-order valence-electron chi connectivity index (χ0n) is 16.9. The number of nitrogen functional groups attached to an aromatic ring is 1. The minimum atomic E-state index is -0.172. The zero-order chi connectivity index (χ0) is 21.3. The summed E-state index contributed by atoms with van der Waals surface area (Å²) < 4.78 is 0. The number of hydrogen-bond donors (Lipinski definition) is 2. The second-order valence-electron chi connectivity index (χ2n) is 7.07. The Morgan fingerprint density at radius 3 is 2.63 bits per heavy atom. The van der Waals surface area contributed by atoms with Crippen molar-refractivity contribution in [3.63, 3.8) is 0 Å². The molecule has 3 heterocycles. The topological polar surface area (TPSA) is 80.9 Å². The van der Waals surface area contributed by atoms with Crippen molar-refractivity contribution in [3.05, 3.63) is 68.2 Å². The van der Waals surface area contributed by atoms with Gasteiger partial charge in [-0.25, -0.2) is 9.97 Å². The molecule has 0 aliphatic carbocycles. The quantitative estimate of drug-likeness (QED) is 0.307. The van der Waals surface area contributed by atoms with Crippen molar-refractivity contribution in [1.29, 1.82) is 0 Å². The predicted octanol–water partition coefficient (Wildman–Crippen LogP) is 5.26. The number of amides is 1. The van der Waals surface area contributed by atoms with Crippen LogP contribution >= 0.6 is 34.4 Å². The highest BCUT2D eigenvalue weighted by Crippen LogP contribution is 2.33. The van der Waals surface area contributed by atoms with E-state index in [1.807, 2.05) is 24.4 Å². The van der Waals surface area contributed by atoms with Crippen molar-refractivity contribution in [2.24, 2.45) is 0 Å². The molecule has 0 fully saturated rings. The van der Waals surface area contributed by atoms with Gasteiger partial charge in [-0.15, -0.1) is 22.7 Å². The molecule has 0 bridgehead atoms. The lowest BCUT2D eigenvalue weighted by molar-refractivity contribution is -0.119. The molecule has 4 aromatic rings. The van der Waals surface area contributed by atoms with Crippen LogP contribution in [0.3, 0.4) is 0 Å². The summed E-state index contributed by atoms with van der Waals surface area (Å²) >= 11 is 4.54. The molecular weight excluding hydrogens is 432 g/mol. The zero-order valence-corrected chi connectivity index (χ0v) is 19.4. The summed E-state index contributed by atoms with van der Waals surface area (Å²) in [6.45, 7) is 6.14. The first-order valence-corrected chi connectivity index (χ1v) is 12.2. The number of carbonyl (C=O) groups excluding carboxylic acids is 1. The first-order valence-electron chi connectivity index (χ1n) is 9.47. The summed E-state index contributed by atoms with van der Waals surface area (Å²) in [5, 5.41) is 6.63. The number of thioether (sulfide) groups is 1. The number of nitrogens with zero attached hydrogens (tertiary/aromatic N) is 2. The largest absolute Gasteiger partial charge is 0.383 e. The second kappa shape index (κ2) is 8.75. The van der Waals surface area contributed by atoms with Gasteiger partial charge in [-0.05, 0) is 43.3 Å². The van der Waals surface area contributed by atoms with E-state index in [4.69, 9.17) is 5.73 Å². The van der Waals surface area contributed by atoms with Crippen LogP contribution in [0.15, 0.2) is 46.9 Å². The van der Waals surface area contributed by atoms with E-state index in [9.17, 15) is 4.79 Å². The molecule has 0 saturated heterocycles. The van der Waals surface area contributed by atoms with E-state index in [2.05, 4.69) is 53.4 Å². The molecule has 1 amide bonds. The van der Waals surface area contributed by atoms with E-state index in [-0.39, 0.29) is 17.7 Å². The van der Waals surface area contributed by atoms with Gasteiger partial charge in [-0.2, -0.15) is 0 Å². The smallest absolute Gasteiger partial charge is 0.231 e. The molecule has 4 rings (SSSR count). The lowest BCUT2D eigenvalue weighted by Gasteiger charge is -2.18. The van der Waals surface area contributed by atoms with Crippen LogP contribution in [0.5, 0.6) is 0 Å². The second-order valence-corrected chi connectivity index (χ2v) is 10.2. The number of anilines is 1. The Labute approximate surface area is 187 Å². The predicted molar refractivity (Wildman–Crippen MR) is 128 cm³/mol. The van der Waals surface area contributed by atoms with Crippen LogP contribution in [0.1, 0.15) is 32.5 Å². The summed E-state index contributed by atoms with van der Waals surface area (Å²) in [5.74, 6) is 0.628. The molecule has 0 spiro atoms. The molecule has 1 atom stereocenters. The summed E-state index contributed by atoms with van der Waals surface area (Å²) in [5.41, 5.74) is 9.53. The van der Waals surface area contributed by atoms with Gasteiger partial charge in [0, 0.05) is 9.75 Å². The van der Waals surface area contributed by atoms with Gasteiger partial charge >= 0.3 is 0 Å². The number of benzene rings is 1. The Balaban J connectivity index is 1.49. The number of hydrogen-bond acceptors (Lipinski definition) is 7. The van der Waals surface area contributed by atoms with E-state index >= 15 is 0 Å². The third-order valence-electron chi connectivity index (χ3n) is 4.91. The Morgan fingerprint density at radius 1 is 1.17 bits per heavy atom.